The molecule has 0 unspecified atom stereocenters. The van der Waals surface area contributed by atoms with Crippen LogP contribution in [-0.4, -0.2) is 77.6 Å². The van der Waals surface area contributed by atoms with Gasteiger partial charge in [0.2, 0.25) is 0 Å². The Labute approximate surface area is 159 Å². The Morgan fingerprint density at radius 2 is 1.96 bits per heavy atom. The minimum absolute atomic E-state index is 0.0407. The van der Waals surface area contributed by atoms with Crippen LogP contribution in [0.4, 0.5) is 4.79 Å². The molecule has 7 heteroatoms. The van der Waals surface area contributed by atoms with Gasteiger partial charge < -0.3 is 14.4 Å². The van der Waals surface area contributed by atoms with Gasteiger partial charge in [-0.25, -0.2) is 4.79 Å². The van der Waals surface area contributed by atoms with Crippen molar-refractivity contribution in [3.63, 3.8) is 0 Å². The number of nitrogens with zero attached hydrogens (tertiary/aromatic N) is 3. The van der Waals surface area contributed by atoms with Crippen LogP contribution < -0.4 is 9.47 Å². The lowest BCUT2D eigenvalue weighted by Gasteiger charge is -2.38. The van der Waals surface area contributed by atoms with Crippen molar-refractivity contribution < 1.29 is 19.1 Å². The number of likely N-dealkylation sites (tertiary alicyclic amines) is 1. The molecule has 3 heterocycles. The highest BCUT2D eigenvalue weighted by molar-refractivity contribution is 6.02. The minimum Gasteiger partial charge on any atom is -0.486 e. The molecule has 27 heavy (non-hydrogen) atoms. The van der Waals surface area contributed by atoms with E-state index in [2.05, 4.69) is 4.90 Å². The normalized spacial score (nSPS) is 26.2. The molecular weight excluding hydrogens is 346 g/mol. The molecule has 2 fully saturated rings. The van der Waals surface area contributed by atoms with Crippen LogP contribution in [0.25, 0.3) is 0 Å². The number of amides is 3. The number of carbonyl (C=O) groups is 2. The molecule has 3 aliphatic rings. The third kappa shape index (κ3) is 3.60. The zero-order chi connectivity index (χ0) is 19.0. The van der Waals surface area contributed by atoms with Crippen LogP contribution in [-0.2, 0) is 4.79 Å². The summed E-state index contributed by atoms with van der Waals surface area (Å²) in [5, 5.41) is 0. The second-order valence-corrected chi connectivity index (χ2v) is 7.82. The maximum absolute atomic E-state index is 12.7. The molecule has 0 spiro atoms. The summed E-state index contributed by atoms with van der Waals surface area (Å²) in [4.78, 5) is 30.5. The number of urea groups is 1. The highest BCUT2D eigenvalue weighted by Crippen LogP contribution is 2.31. The van der Waals surface area contributed by atoms with Gasteiger partial charge in [-0.3, -0.25) is 14.6 Å². The number of fused-ring (bicyclic) bond motifs is 1. The van der Waals surface area contributed by atoms with Crippen molar-refractivity contribution in [1.82, 2.24) is 14.7 Å². The summed E-state index contributed by atoms with van der Waals surface area (Å²) in [7, 11) is 0. The summed E-state index contributed by atoms with van der Waals surface area (Å²) in [6, 6.07) is 7.54. The molecule has 146 valence electrons. The smallest absolute Gasteiger partial charge is 0.327 e. The van der Waals surface area contributed by atoms with Crippen LogP contribution in [0.15, 0.2) is 24.3 Å². The van der Waals surface area contributed by atoms with Crippen LogP contribution in [0.3, 0.4) is 0 Å². The van der Waals surface area contributed by atoms with E-state index in [1.165, 1.54) is 4.90 Å². The predicted octanol–water partition coefficient (Wildman–Crippen LogP) is 1.96. The van der Waals surface area contributed by atoms with Crippen LogP contribution in [0.1, 0.15) is 26.7 Å². The summed E-state index contributed by atoms with van der Waals surface area (Å²) < 4.78 is 11.9. The number of hydrogen-bond acceptors (Lipinski definition) is 5. The Morgan fingerprint density at radius 1 is 1.19 bits per heavy atom. The van der Waals surface area contributed by atoms with Crippen LogP contribution in [0, 0.1) is 0 Å². The summed E-state index contributed by atoms with van der Waals surface area (Å²) in [5.41, 5.74) is 0. The molecule has 3 amide bonds. The number of rotatable bonds is 4. The van der Waals surface area contributed by atoms with E-state index < -0.39 is 0 Å². The van der Waals surface area contributed by atoms with Crippen molar-refractivity contribution in [2.24, 2.45) is 0 Å². The molecule has 0 aliphatic carbocycles. The van der Waals surface area contributed by atoms with Gasteiger partial charge in [0.1, 0.15) is 19.3 Å². The number of imide groups is 1. The van der Waals surface area contributed by atoms with Crippen LogP contribution >= 0.6 is 0 Å². The molecule has 2 saturated heterocycles. The lowest BCUT2D eigenvalue weighted by molar-refractivity contribution is -0.127. The van der Waals surface area contributed by atoms with Gasteiger partial charge in [0.05, 0.1) is 6.04 Å². The van der Waals surface area contributed by atoms with Gasteiger partial charge in [-0.05, 0) is 45.4 Å². The van der Waals surface area contributed by atoms with E-state index in [4.69, 9.17) is 9.47 Å². The Bertz CT molecular complexity index is 723. The second kappa shape index (κ2) is 7.38. The molecule has 0 bridgehead atoms. The SMILES string of the molecule is CC(C)N1CC(=O)N([C@H]2CCCN(C[C@H]3COc4ccccc4O3)C2)C1=O. The van der Waals surface area contributed by atoms with E-state index in [9.17, 15) is 9.59 Å². The highest BCUT2D eigenvalue weighted by Gasteiger charge is 2.42. The number of carbonyl (C=O) groups excluding carboxylic acids is 2. The maximum Gasteiger partial charge on any atom is 0.327 e. The Hall–Kier alpha value is -2.28. The Balaban J connectivity index is 1.38. The first-order chi connectivity index (χ1) is 13.0. The number of ether oxygens (including phenoxy) is 2. The van der Waals surface area contributed by atoms with Crippen molar-refractivity contribution in [3.8, 4) is 11.5 Å². The zero-order valence-electron chi connectivity index (χ0n) is 16.0. The molecular formula is C20H27N3O4. The number of para-hydroxylation sites is 2. The van der Waals surface area contributed by atoms with E-state index in [1.807, 2.05) is 38.1 Å². The van der Waals surface area contributed by atoms with E-state index in [1.54, 1.807) is 4.90 Å². The topological polar surface area (TPSA) is 62.3 Å². The molecule has 1 aromatic carbocycles. The van der Waals surface area contributed by atoms with Crippen molar-refractivity contribution in [3.05, 3.63) is 24.3 Å². The fourth-order valence-corrected chi connectivity index (χ4v) is 4.15. The van der Waals surface area contributed by atoms with Gasteiger partial charge in [0, 0.05) is 19.1 Å². The van der Waals surface area contributed by atoms with Gasteiger partial charge in [-0.1, -0.05) is 12.1 Å². The molecule has 7 nitrogen and oxygen atoms in total. The quantitative estimate of drug-likeness (QED) is 0.755. The molecule has 0 N–H and O–H groups in total. The molecule has 4 rings (SSSR count). The van der Waals surface area contributed by atoms with Gasteiger partial charge >= 0.3 is 6.03 Å². The standard InChI is InChI=1S/C20H27N3O4/c1-14(2)22-12-19(24)23(20(22)25)15-6-5-9-21(10-15)11-16-13-26-17-7-3-4-8-18(17)27-16/h3-4,7-8,14-16H,5-6,9-13H2,1-2H3/t15-,16-/m0/s1. The first-order valence-electron chi connectivity index (χ1n) is 9.76. The first-order valence-corrected chi connectivity index (χ1v) is 9.76. The van der Waals surface area contributed by atoms with Crippen molar-refractivity contribution >= 4 is 11.9 Å². The van der Waals surface area contributed by atoms with Gasteiger partial charge in [-0.15, -0.1) is 0 Å². The fraction of sp³-hybridized carbons (Fsp3) is 0.600. The summed E-state index contributed by atoms with van der Waals surface area (Å²) in [5.74, 6) is 1.49. The molecule has 3 aliphatic heterocycles. The van der Waals surface area contributed by atoms with Crippen LogP contribution in [0.2, 0.25) is 0 Å². The van der Waals surface area contributed by atoms with Crippen molar-refractivity contribution in [1.29, 1.82) is 0 Å². The highest BCUT2D eigenvalue weighted by atomic mass is 16.6. The Morgan fingerprint density at radius 3 is 2.70 bits per heavy atom. The van der Waals surface area contributed by atoms with E-state index >= 15 is 0 Å². The van der Waals surface area contributed by atoms with E-state index in [-0.39, 0.29) is 36.7 Å². The molecule has 0 saturated carbocycles. The minimum atomic E-state index is -0.145. The molecule has 2 atom stereocenters. The molecule has 0 radical (unpaired) electrons. The molecule has 1 aromatic rings. The summed E-state index contributed by atoms with van der Waals surface area (Å²) in [6.07, 6.45) is 1.79. The fourth-order valence-electron chi connectivity index (χ4n) is 4.15. The van der Waals surface area contributed by atoms with Crippen LogP contribution in [0.5, 0.6) is 11.5 Å². The average Bonchev–Trinajstić information content (AvgIpc) is 2.96. The van der Waals surface area contributed by atoms with E-state index in [0.717, 1.165) is 37.4 Å². The first kappa shape index (κ1) is 18.1. The third-order valence-electron chi connectivity index (χ3n) is 5.52. The van der Waals surface area contributed by atoms with Gasteiger partial charge in [0.25, 0.3) is 5.91 Å². The van der Waals surface area contributed by atoms with E-state index in [0.29, 0.717) is 13.2 Å². The second-order valence-electron chi connectivity index (χ2n) is 7.82. The van der Waals surface area contributed by atoms with Gasteiger partial charge in [-0.2, -0.15) is 0 Å². The number of benzene rings is 1. The van der Waals surface area contributed by atoms with Crippen molar-refractivity contribution in [2.75, 3.05) is 32.8 Å². The number of hydrogen-bond donors (Lipinski definition) is 0. The lowest BCUT2D eigenvalue weighted by Crippen LogP contribution is -2.53. The third-order valence-corrected chi connectivity index (χ3v) is 5.52. The Kier molecular flexibility index (Phi) is 4.95. The maximum atomic E-state index is 12.7. The summed E-state index contributed by atoms with van der Waals surface area (Å²) in [6.45, 7) is 6.98. The average molecular weight is 373 g/mol. The van der Waals surface area contributed by atoms with Gasteiger partial charge in [0.15, 0.2) is 11.5 Å². The summed E-state index contributed by atoms with van der Waals surface area (Å²) >= 11 is 0. The van der Waals surface area contributed by atoms with Crippen molar-refractivity contribution in [2.45, 2.75) is 44.9 Å². The zero-order valence-corrected chi connectivity index (χ0v) is 16.0. The lowest BCUT2D eigenvalue weighted by atomic mass is 10.0. The monoisotopic (exact) mass is 373 g/mol. The largest absolute Gasteiger partial charge is 0.486 e. The number of piperidine rings is 1. The molecule has 0 aromatic heterocycles. The predicted molar refractivity (Wildman–Crippen MR) is 99.9 cm³/mol.